The van der Waals surface area contributed by atoms with Crippen LogP contribution in [0.4, 0.5) is 11.8 Å². The van der Waals surface area contributed by atoms with Gasteiger partial charge in [-0.3, -0.25) is 0 Å². The first kappa shape index (κ1) is 9.34. The lowest BCUT2D eigenvalue weighted by Crippen LogP contribution is -2.39. The Labute approximate surface area is 91.1 Å². The molecule has 0 unspecified atom stereocenters. The van der Waals surface area contributed by atoms with Crippen LogP contribution < -0.4 is 11.1 Å². The Morgan fingerprint density at radius 2 is 2.25 bits per heavy atom. The highest BCUT2D eigenvalue weighted by Crippen LogP contribution is 2.26. The number of nitrogens with two attached hydrogens (primary N) is 1. The number of nitrogen functional groups attached to an aromatic ring is 1. The number of hydrogen-bond acceptors (Lipinski definition) is 6. The molecule has 0 amide bonds. The number of aliphatic hydroxyl groups is 1. The van der Waals surface area contributed by atoms with Gasteiger partial charge in [-0.2, -0.15) is 9.97 Å². The first-order chi connectivity index (χ1) is 7.72. The van der Waals surface area contributed by atoms with Crippen molar-refractivity contribution in [2.45, 2.75) is 25.0 Å². The predicted octanol–water partition coefficient (Wildman–Crippen LogP) is -0.130. The smallest absolute Gasteiger partial charge is 0.224 e. The van der Waals surface area contributed by atoms with Gasteiger partial charge in [0.05, 0.1) is 12.4 Å². The summed E-state index contributed by atoms with van der Waals surface area (Å²) >= 11 is 0. The molecule has 1 fully saturated rings. The van der Waals surface area contributed by atoms with E-state index in [2.05, 4.69) is 25.3 Å². The van der Waals surface area contributed by atoms with E-state index in [1.54, 1.807) is 6.33 Å². The SMILES string of the molecule is Nc1nc(NC2CC(O)C2)c2[nH]cnc2n1. The zero-order valence-corrected chi connectivity index (χ0v) is 8.51. The second-order valence-corrected chi connectivity index (χ2v) is 4.00. The van der Waals surface area contributed by atoms with E-state index in [0.717, 1.165) is 18.4 Å². The molecule has 0 saturated heterocycles. The van der Waals surface area contributed by atoms with Crippen LogP contribution in [0.1, 0.15) is 12.8 Å². The Bertz CT molecular complexity index is 518. The molecular weight excluding hydrogens is 208 g/mol. The zero-order chi connectivity index (χ0) is 11.1. The predicted molar refractivity (Wildman–Crippen MR) is 58.7 cm³/mol. The molecule has 0 aliphatic heterocycles. The van der Waals surface area contributed by atoms with Crippen molar-refractivity contribution in [3.8, 4) is 0 Å². The fourth-order valence-corrected chi connectivity index (χ4v) is 1.85. The second-order valence-electron chi connectivity index (χ2n) is 4.00. The van der Waals surface area contributed by atoms with Crippen molar-refractivity contribution in [3.05, 3.63) is 6.33 Å². The van der Waals surface area contributed by atoms with E-state index in [-0.39, 0.29) is 18.1 Å². The molecule has 84 valence electrons. The fourth-order valence-electron chi connectivity index (χ4n) is 1.85. The summed E-state index contributed by atoms with van der Waals surface area (Å²) in [5.41, 5.74) is 6.88. The van der Waals surface area contributed by atoms with Gasteiger partial charge < -0.3 is 21.1 Å². The Balaban J connectivity index is 1.92. The monoisotopic (exact) mass is 220 g/mol. The number of nitrogens with one attached hydrogen (secondary N) is 2. The first-order valence-electron chi connectivity index (χ1n) is 5.13. The number of nitrogens with zero attached hydrogens (tertiary/aromatic N) is 3. The number of H-pyrrole nitrogens is 1. The maximum Gasteiger partial charge on any atom is 0.224 e. The lowest BCUT2D eigenvalue weighted by atomic mass is 9.89. The molecule has 3 rings (SSSR count). The Morgan fingerprint density at radius 1 is 1.44 bits per heavy atom. The molecule has 1 aliphatic carbocycles. The van der Waals surface area contributed by atoms with Crippen LogP contribution in [0.5, 0.6) is 0 Å². The quantitative estimate of drug-likeness (QED) is 0.560. The molecule has 7 nitrogen and oxygen atoms in total. The van der Waals surface area contributed by atoms with Gasteiger partial charge in [-0.25, -0.2) is 4.98 Å². The molecule has 0 spiro atoms. The van der Waals surface area contributed by atoms with E-state index in [1.165, 1.54) is 0 Å². The number of imidazole rings is 1. The van der Waals surface area contributed by atoms with Gasteiger partial charge in [0.25, 0.3) is 0 Å². The van der Waals surface area contributed by atoms with Crippen LogP contribution in [-0.2, 0) is 0 Å². The average Bonchev–Trinajstić information content (AvgIpc) is 2.62. The Hall–Kier alpha value is -1.89. The lowest BCUT2D eigenvalue weighted by molar-refractivity contribution is 0.0836. The summed E-state index contributed by atoms with van der Waals surface area (Å²) in [6, 6.07) is 0.246. The van der Waals surface area contributed by atoms with Crippen molar-refractivity contribution in [1.29, 1.82) is 0 Å². The summed E-state index contributed by atoms with van der Waals surface area (Å²) in [6.45, 7) is 0. The minimum absolute atomic E-state index is 0.196. The molecule has 5 N–H and O–H groups in total. The standard InChI is InChI=1S/C9H12N6O/c10-9-14-7-6(11-3-12-7)8(15-9)13-4-1-5(16)2-4/h3-5,16H,1-2H2,(H4,10,11,12,13,14,15). The number of anilines is 2. The van der Waals surface area contributed by atoms with Gasteiger partial charge in [0, 0.05) is 6.04 Å². The second kappa shape index (κ2) is 3.31. The van der Waals surface area contributed by atoms with Crippen LogP contribution in [-0.4, -0.2) is 37.2 Å². The molecule has 0 aromatic carbocycles. The number of aliphatic hydroxyl groups excluding tert-OH is 1. The van der Waals surface area contributed by atoms with Crippen LogP contribution in [0.15, 0.2) is 6.33 Å². The molecule has 0 radical (unpaired) electrons. The number of aromatic nitrogens is 4. The highest BCUT2D eigenvalue weighted by molar-refractivity contribution is 5.83. The van der Waals surface area contributed by atoms with E-state index in [1.807, 2.05) is 0 Å². The van der Waals surface area contributed by atoms with Gasteiger partial charge in [-0.1, -0.05) is 0 Å². The van der Waals surface area contributed by atoms with Crippen molar-refractivity contribution in [2.75, 3.05) is 11.1 Å². The van der Waals surface area contributed by atoms with Gasteiger partial charge in [0.1, 0.15) is 5.52 Å². The highest BCUT2D eigenvalue weighted by atomic mass is 16.3. The molecule has 0 atom stereocenters. The number of aromatic amines is 1. The summed E-state index contributed by atoms with van der Waals surface area (Å²) in [7, 11) is 0. The molecule has 2 aromatic heterocycles. The minimum Gasteiger partial charge on any atom is -0.393 e. The maximum absolute atomic E-state index is 9.21. The van der Waals surface area contributed by atoms with Crippen molar-refractivity contribution in [2.24, 2.45) is 0 Å². The Morgan fingerprint density at radius 3 is 3.00 bits per heavy atom. The van der Waals surface area contributed by atoms with Crippen molar-refractivity contribution in [1.82, 2.24) is 19.9 Å². The topological polar surface area (TPSA) is 113 Å². The molecule has 7 heteroatoms. The first-order valence-corrected chi connectivity index (χ1v) is 5.13. The normalized spacial score (nSPS) is 24.3. The van der Waals surface area contributed by atoms with Gasteiger partial charge in [-0.05, 0) is 12.8 Å². The van der Waals surface area contributed by atoms with Crippen LogP contribution in [0.3, 0.4) is 0 Å². The van der Waals surface area contributed by atoms with E-state index in [4.69, 9.17) is 5.73 Å². The van der Waals surface area contributed by atoms with Crippen LogP contribution >= 0.6 is 0 Å². The molecule has 16 heavy (non-hydrogen) atoms. The van der Waals surface area contributed by atoms with Crippen LogP contribution in [0, 0.1) is 0 Å². The number of rotatable bonds is 2. The number of fused-ring (bicyclic) bond motifs is 1. The molecular formula is C9H12N6O. The van der Waals surface area contributed by atoms with Gasteiger partial charge in [0.15, 0.2) is 11.5 Å². The molecule has 2 heterocycles. The van der Waals surface area contributed by atoms with E-state index in [9.17, 15) is 5.11 Å². The minimum atomic E-state index is -0.200. The van der Waals surface area contributed by atoms with Crippen molar-refractivity contribution in [3.63, 3.8) is 0 Å². The van der Waals surface area contributed by atoms with Gasteiger partial charge >= 0.3 is 0 Å². The Kier molecular flexibility index (Phi) is 1.93. The zero-order valence-electron chi connectivity index (χ0n) is 8.51. The third-order valence-corrected chi connectivity index (χ3v) is 2.76. The van der Waals surface area contributed by atoms with Crippen LogP contribution in [0.25, 0.3) is 11.2 Å². The van der Waals surface area contributed by atoms with Gasteiger partial charge in [-0.15, -0.1) is 0 Å². The lowest BCUT2D eigenvalue weighted by Gasteiger charge is -2.32. The van der Waals surface area contributed by atoms with Gasteiger partial charge in [0.2, 0.25) is 5.95 Å². The summed E-state index contributed by atoms with van der Waals surface area (Å²) in [6.07, 6.45) is 2.83. The average molecular weight is 220 g/mol. The van der Waals surface area contributed by atoms with Crippen molar-refractivity contribution < 1.29 is 5.11 Å². The summed E-state index contributed by atoms with van der Waals surface area (Å²) in [5.74, 6) is 0.846. The van der Waals surface area contributed by atoms with E-state index in [0.29, 0.717) is 11.5 Å². The third kappa shape index (κ3) is 1.45. The molecule has 2 aromatic rings. The molecule has 1 saturated carbocycles. The van der Waals surface area contributed by atoms with E-state index < -0.39 is 0 Å². The summed E-state index contributed by atoms with van der Waals surface area (Å²) in [4.78, 5) is 15.1. The maximum atomic E-state index is 9.21. The van der Waals surface area contributed by atoms with E-state index >= 15 is 0 Å². The van der Waals surface area contributed by atoms with Crippen molar-refractivity contribution >= 4 is 22.9 Å². The highest BCUT2D eigenvalue weighted by Gasteiger charge is 2.28. The number of hydrogen-bond donors (Lipinski definition) is 4. The van der Waals surface area contributed by atoms with Crippen LogP contribution in [0.2, 0.25) is 0 Å². The third-order valence-electron chi connectivity index (χ3n) is 2.76. The fraction of sp³-hybridized carbons (Fsp3) is 0.444. The summed E-state index contributed by atoms with van der Waals surface area (Å²) < 4.78 is 0. The molecule has 1 aliphatic rings. The molecule has 0 bridgehead atoms. The summed E-state index contributed by atoms with van der Waals surface area (Å²) in [5, 5.41) is 12.4. The largest absolute Gasteiger partial charge is 0.393 e.